The molecule has 0 aliphatic heterocycles. The van der Waals surface area contributed by atoms with E-state index in [-0.39, 0.29) is 0 Å². The van der Waals surface area contributed by atoms with Crippen molar-refractivity contribution in [2.75, 3.05) is 25.0 Å². The monoisotopic (exact) mass is 326 g/mol. The van der Waals surface area contributed by atoms with Crippen LogP contribution in [0.5, 0.6) is 0 Å². The molecule has 0 fully saturated rings. The first-order valence-corrected chi connectivity index (χ1v) is 8.13. The zero-order valence-electron chi connectivity index (χ0n) is 12.7. The van der Waals surface area contributed by atoms with Gasteiger partial charge in [-0.15, -0.1) is 0 Å². The molecule has 19 heavy (non-hydrogen) atoms. The molecular formula is C16H27BrN2. The predicted molar refractivity (Wildman–Crippen MR) is 89.0 cm³/mol. The summed E-state index contributed by atoms with van der Waals surface area (Å²) in [5, 5.41) is 3.50. The van der Waals surface area contributed by atoms with Gasteiger partial charge in [0.25, 0.3) is 0 Å². The third-order valence-corrected chi connectivity index (χ3v) is 3.97. The Bertz CT molecular complexity index is 379. The van der Waals surface area contributed by atoms with Crippen molar-refractivity contribution < 1.29 is 0 Å². The zero-order chi connectivity index (χ0) is 14.3. The lowest BCUT2D eigenvalue weighted by molar-refractivity contribution is 0.595. The topological polar surface area (TPSA) is 15.3 Å². The van der Waals surface area contributed by atoms with Crippen molar-refractivity contribution in [2.45, 2.75) is 46.1 Å². The molecular weight excluding hydrogens is 300 g/mol. The molecule has 1 aromatic rings. The van der Waals surface area contributed by atoms with Crippen LogP contribution in [-0.2, 0) is 0 Å². The molecule has 0 aliphatic rings. The summed E-state index contributed by atoms with van der Waals surface area (Å²) >= 11 is 3.58. The first-order valence-electron chi connectivity index (χ1n) is 7.34. The van der Waals surface area contributed by atoms with Gasteiger partial charge in [0.15, 0.2) is 0 Å². The molecule has 0 aromatic heterocycles. The van der Waals surface area contributed by atoms with Crippen molar-refractivity contribution in [3.63, 3.8) is 0 Å². The standard InChI is InChI=1S/C16H27BrN2/c1-5-7-8-11-19(4)16-10-9-14(17)12-15(16)13(3)18-6-2/h9-10,12-13,18H,5-8,11H2,1-4H3. The van der Waals surface area contributed by atoms with Gasteiger partial charge in [-0.3, -0.25) is 0 Å². The van der Waals surface area contributed by atoms with E-state index in [1.165, 1.54) is 30.5 Å². The average molecular weight is 327 g/mol. The first-order chi connectivity index (χ1) is 9.10. The maximum absolute atomic E-state index is 3.58. The maximum atomic E-state index is 3.58. The van der Waals surface area contributed by atoms with E-state index in [0.717, 1.165) is 17.6 Å². The van der Waals surface area contributed by atoms with Gasteiger partial charge in [-0.25, -0.2) is 0 Å². The van der Waals surface area contributed by atoms with Crippen LogP contribution in [-0.4, -0.2) is 20.1 Å². The Kier molecular flexibility index (Phi) is 7.47. The Morgan fingerprint density at radius 2 is 2.00 bits per heavy atom. The van der Waals surface area contributed by atoms with Gasteiger partial charge in [-0.05, 0) is 43.7 Å². The predicted octanol–water partition coefficient (Wildman–Crippen LogP) is 4.75. The van der Waals surface area contributed by atoms with Gasteiger partial charge in [0.05, 0.1) is 0 Å². The normalized spacial score (nSPS) is 12.5. The minimum atomic E-state index is 0.381. The fraction of sp³-hybridized carbons (Fsp3) is 0.625. The molecule has 0 heterocycles. The van der Waals surface area contributed by atoms with Crippen molar-refractivity contribution in [1.29, 1.82) is 0 Å². The van der Waals surface area contributed by atoms with Crippen molar-refractivity contribution in [1.82, 2.24) is 5.32 Å². The number of rotatable bonds is 8. The maximum Gasteiger partial charge on any atom is 0.0412 e. The SMILES string of the molecule is CCCCCN(C)c1ccc(Br)cc1C(C)NCC. The molecule has 1 unspecified atom stereocenters. The lowest BCUT2D eigenvalue weighted by Crippen LogP contribution is -2.24. The lowest BCUT2D eigenvalue weighted by atomic mass is 10.0. The van der Waals surface area contributed by atoms with Crippen LogP contribution in [0.3, 0.4) is 0 Å². The van der Waals surface area contributed by atoms with E-state index in [1.54, 1.807) is 0 Å². The van der Waals surface area contributed by atoms with Gasteiger partial charge >= 0.3 is 0 Å². The highest BCUT2D eigenvalue weighted by Crippen LogP contribution is 2.29. The van der Waals surface area contributed by atoms with E-state index in [9.17, 15) is 0 Å². The molecule has 0 aliphatic carbocycles. The van der Waals surface area contributed by atoms with Crippen molar-refractivity contribution in [3.8, 4) is 0 Å². The summed E-state index contributed by atoms with van der Waals surface area (Å²) in [6.45, 7) is 8.75. The summed E-state index contributed by atoms with van der Waals surface area (Å²) in [6.07, 6.45) is 3.84. The molecule has 0 radical (unpaired) electrons. The summed E-state index contributed by atoms with van der Waals surface area (Å²) in [5.41, 5.74) is 2.71. The Labute approximate surface area is 126 Å². The Hall–Kier alpha value is -0.540. The van der Waals surface area contributed by atoms with Gasteiger partial charge in [0.2, 0.25) is 0 Å². The summed E-state index contributed by atoms with van der Waals surface area (Å²) in [5.74, 6) is 0. The fourth-order valence-corrected chi connectivity index (χ4v) is 2.73. The van der Waals surface area contributed by atoms with Crippen LogP contribution < -0.4 is 10.2 Å². The Morgan fingerprint density at radius 1 is 1.26 bits per heavy atom. The molecule has 0 spiro atoms. The first kappa shape index (κ1) is 16.5. The largest absolute Gasteiger partial charge is 0.374 e. The van der Waals surface area contributed by atoms with Gasteiger partial charge < -0.3 is 10.2 Å². The molecule has 108 valence electrons. The van der Waals surface area contributed by atoms with Crippen LogP contribution in [0.25, 0.3) is 0 Å². The molecule has 1 atom stereocenters. The van der Waals surface area contributed by atoms with E-state index in [1.807, 2.05) is 0 Å². The average Bonchev–Trinajstić information content (AvgIpc) is 2.39. The summed E-state index contributed by atoms with van der Waals surface area (Å²) < 4.78 is 1.15. The number of nitrogens with zero attached hydrogens (tertiary/aromatic N) is 1. The quantitative estimate of drug-likeness (QED) is 0.694. The van der Waals surface area contributed by atoms with E-state index < -0.39 is 0 Å². The highest BCUT2D eigenvalue weighted by Gasteiger charge is 2.13. The molecule has 0 bridgehead atoms. The lowest BCUT2D eigenvalue weighted by Gasteiger charge is -2.26. The summed E-state index contributed by atoms with van der Waals surface area (Å²) in [4.78, 5) is 2.38. The highest BCUT2D eigenvalue weighted by molar-refractivity contribution is 9.10. The molecule has 3 heteroatoms. The molecule has 0 saturated heterocycles. The van der Waals surface area contributed by atoms with Crippen molar-refractivity contribution >= 4 is 21.6 Å². The van der Waals surface area contributed by atoms with Gasteiger partial charge in [-0.2, -0.15) is 0 Å². The second kappa shape index (κ2) is 8.60. The summed E-state index contributed by atoms with van der Waals surface area (Å²) in [6, 6.07) is 6.97. The molecule has 0 amide bonds. The molecule has 0 saturated carbocycles. The van der Waals surface area contributed by atoms with E-state index in [2.05, 4.69) is 72.2 Å². The van der Waals surface area contributed by atoms with Gasteiger partial charge in [-0.1, -0.05) is 42.6 Å². The smallest absolute Gasteiger partial charge is 0.0412 e. The van der Waals surface area contributed by atoms with Crippen molar-refractivity contribution in [2.24, 2.45) is 0 Å². The minimum Gasteiger partial charge on any atom is -0.374 e. The third-order valence-electron chi connectivity index (χ3n) is 3.47. The van der Waals surface area contributed by atoms with Crippen LogP contribution in [0.4, 0.5) is 5.69 Å². The Morgan fingerprint density at radius 3 is 2.63 bits per heavy atom. The number of nitrogens with one attached hydrogen (secondary N) is 1. The van der Waals surface area contributed by atoms with Crippen LogP contribution in [0.1, 0.15) is 51.6 Å². The molecule has 1 rings (SSSR count). The van der Waals surface area contributed by atoms with E-state index >= 15 is 0 Å². The number of anilines is 1. The second-order valence-corrected chi connectivity index (χ2v) is 6.03. The number of hydrogen-bond acceptors (Lipinski definition) is 2. The van der Waals surface area contributed by atoms with Gasteiger partial charge in [0, 0.05) is 29.8 Å². The van der Waals surface area contributed by atoms with Crippen LogP contribution >= 0.6 is 15.9 Å². The van der Waals surface area contributed by atoms with E-state index in [4.69, 9.17) is 0 Å². The van der Waals surface area contributed by atoms with Crippen LogP contribution in [0.2, 0.25) is 0 Å². The van der Waals surface area contributed by atoms with Gasteiger partial charge in [0.1, 0.15) is 0 Å². The Balaban J connectivity index is 2.86. The number of hydrogen-bond donors (Lipinski definition) is 1. The molecule has 1 N–H and O–H groups in total. The number of halogens is 1. The zero-order valence-corrected chi connectivity index (χ0v) is 14.3. The summed E-state index contributed by atoms with van der Waals surface area (Å²) in [7, 11) is 2.20. The highest BCUT2D eigenvalue weighted by atomic mass is 79.9. The third kappa shape index (κ3) is 5.15. The van der Waals surface area contributed by atoms with Crippen LogP contribution in [0, 0.1) is 0 Å². The number of benzene rings is 1. The minimum absolute atomic E-state index is 0.381. The molecule has 2 nitrogen and oxygen atoms in total. The van der Waals surface area contributed by atoms with Crippen molar-refractivity contribution in [3.05, 3.63) is 28.2 Å². The fourth-order valence-electron chi connectivity index (χ4n) is 2.36. The number of unbranched alkanes of at least 4 members (excludes halogenated alkanes) is 2. The van der Waals surface area contributed by atoms with Crippen LogP contribution in [0.15, 0.2) is 22.7 Å². The van der Waals surface area contributed by atoms with E-state index in [0.29, 0.717) is 6.04 Å². The molecule has 1 aromatic carbocycles. The second-order valence-electron chi connectivity index (χ2n) is 5.11.